The largest absolute Gasteiger partial charge is 0.378 e. The zero-order valence-corrected chi connectivity index (χ0v) is 18.3. The second kappa shape index (κ2) is 9.00. The molecule has 1 aromatic heterocycles. The molecule has 1 aromatic rings. The smallest absolute Gasteiger partial charge is 0.233 e. The molecule has 2 saturated heterocycles. The number of sulfone groups is 1. The lowest BCUT2D eigenvalue weighted by Gasteiger charge is -2.28. The minimum atomic E-state index is -3.01. The highest BCUT2D eigenvalue weighted by atomic mass is 32.2. The molecule has 0 spiro atoms. The summed E-state index contributed by atoms with van der Waals surface area (Å²) in [6.45, 7) is 7.94. The van der Waals surface area contributed by atoms with Crippen LogP contribution in [-0.2, 0) is 25.9 Å². The van der Waals surface area contributed by atoms with E-state index in [9.17, 15) is 13.2 Å². The molecule has 2 aliphatic heterocycles. The van der Waals surface area contributed by atoms with Gasteiger partial charge < -0.3 is 14.5 Å². The maximum Gasteiger partial charge on any atom is 0.233 e. The first kappa shape index (κ1) is 21.4. The summed E-state index contributed by atoms with van der Waals surface area (Å²) in [7, 11) is -1.33. The normalized spacial score (nSPS) is 22.0. The second-order valence-electron chi connectivity index (χ2n) is 7.74. The molecule has 0 radical (unpaired) electrons. The maximum absolute atomic E-state index is 12.6. The van der Waals surface area contributed by atoms with E-state index >= 15 is 0 Å². The van der Waals surface area contributed by atoms with Crippen LogP contribution in [0.1, 0.15) is 20.3 Å². The predicted octanol–water partition coefficient (Wildman–Crippen LogP) is 0.508. The number of thioether (sulfide) groups is 1. The monoisotopic (exact) mass is 431 g/mol. The van der Waals surface area contributed by atoms with Crippen molar-refractivity contribution in [3.05, 3.63) is 0 Å². The van der Waals surface area contributed by atoms with E-state index in [1.807, 2.05) is 0 Å². The summed E-state index contributed by atoms with van der Waals surface area (Å²) in [5.74, 6) is 1.59. The highest BCUT2D eigenvalue weighted by molar-refractivity contribution is 7.99. The van der Waals surface area contributed by atoms with E-state index in [2.05, 4.69) is 33.5 Å². The first-order valence-corrected chi connectivity index (χ1v) is 12.4. The van der Waals surface area contributed by atoms with Gasteiger partial charge in [-0.3, -0.25) is 9.36 Å². The van der Waals surface area contributed by atoms with Crippen LogP contribution in [0, 0.1) is 5.92 Å². The predicted molar refractivity (Wildman–Crippen MR) is 108 cm³/mol. The lowest BCUT2D eigenvalue weighted by molar-refractivity contribution is -0.128. The molecule has 11 heteroatoms. The molecular formula is C17H29N5O4S2. The molecule has 3 rings (SSSR count). The minimum Gasteiger partial charge on any atom is -0.378 e. The fourth-order valence-electron chi connectivity index (χ4n) is 3.42. The first-order chi connectivity index (χ1) is 13.3. The fraction of sp³-hybridized carbons (Fsp3) is 0.824. The minimum absolute atomic E-state index is 0.0601. The van der Waals surface area contributed by atoms with Gasteiger partial charge >= 0.3 is 0 Å². The molecule has 158 valence electrons. The van der Waals surface area contributed by atoms with Crippen LogP contribution < -0.4 is 4.90 Å². The van der Waals surface area contributed by atoms with Gasteiger partial charge in [0.05, 0.1) is 30.5 Å². The topological polar surface area (TPSA) is 97.6 Å². The molecule has 0 N–H and O–H groups in total. The Kier molecular flexibility index (Phi) is 6.87. The molecule has 0 unspecified atom stereocenters. The summed E-state index contributed by atoms with van der Waals surface area (Å²) < 4.78 is 30.8. The SMILES string of the molecule is CC(C)Cn1c(SCC(=O)N(C)[C@@H]2CCS(=O)(=O)C2)nnc1N1CCOCC1. The number of anilines is 1. The van der Waals surface area contributed by atoms with Gasteiger partial charge in [0.25, 0.3) is 0 Å². The van der Waals surface area contributed by atoms with Crippen molar-refractivity contribution in [3.63, 3.8) is 0 Å². The van der Waals surface area contributed by atoms with Crippen molar-refractivity contribution < 1.29 is 17.9 Å². The Hall–Kier alpha value is -1.33. The van der Waals surface area contributed by atoms with Crippen LogP contribution in [0.3, 0.4) is 0 Å². The lowest BCUT2D eigenvalue weighted by atomic mass is 10.2. The number of amides is 1. The molecule has 28 heavy (non-hydrogen) atoms. The van der Waals surface area contributed by atoms with E-state index in [0.29, 0.717) is 25.6 Å². The van der Waals surface area contributed by atoms with Gasteiger partial charge in [-0.05, 0) is 12.3 Å². The van der Waals surface area contributed by atoms with Crippen LogP contribution in [0.15, 0.2) is 5.16 Å². The van der Waals surface area contributed by atoms with Crippen molar-refractivity contribution in [1.82, 2.24) is 19.7 Å². The standard InChI is InChI=1S/C17H29N5O4S2/c1-13(2)10-22-16(21-5-7-26-8-6-21)18-19-17(22)27-11-15(23)20(3)14-4-9-28(24,25)12-14/h13-14H,4-12H2,1-3H3/t14-/m1/s1. The maximum atomic E-state index is 12.6. The van der Waals surface area contributed by atoms with Gasteiger partial charge in [-0.1, -0.05) is 25.6 Å². The van der Waals surface area contributed by atoms with Crippen molar-refractivity contribution in [3.8, 4) is 0 Å². The third kappa shape index (κ3) is 5.18. The molecule has 1 atom stereocenters. The number of carbonyl (C=O) groups is 1. The van der Waals surface area contributed by atoms with Crippen molar-refractivity contribution in [2.24, 2.45) is 5.92 Å². The summed E-state index contributed by atoms with van der Waals surface area (Å²) in [6, 6.07) is -0.226. The molecule has 9 nitrogen and oxygen atoms in total. The molecule has 3 heterocycles. The molecule has 0 aromatic carbocycles. The summed E-state index contributed by atoms with van der Waals surface area (Å²) in [5.41, 5.74) is 0. The van der Waals surface area contributed by atoms with Gasteiger partial charge in [-0.2, -0.15) is 0 Å². The number of rotatable bonds is 7. The van der Waals surface area contributed by atoms with Crippen LogP contribution >= 0.6 is 11.8 Å². The quantitative estimate of drug-likeness (QED) is 0.576. The number of ether oxygens (including phenoxy) is 1. The highest BCUT2D eigenvalue weighted by Gasteiger charge is 2.33. The number of morpholine rings is 1. The van der Waals surface area contributed by atoms with E-state index < -0.39 is 9.84 Å². The average molecular weight is 432 g/mol. The van der Waals surface area contributed by atoms with E-state index in [0.717, 1.165) is 30.7 Å². The van der Waals surface area contributed by atoms with E-state index in [1.54, 1.807) is 11.9 Å². The zero-order chi connectivity index (χ0) is 20.3. The lowest BCUT2D eigenvalue weighted by Crippen LogP contribution is -2.39. The number of hydrogen-bond donors (Lipinski definition) is 0. The molecule has 2 aliphatic rings. The Balaban J connectivity index is 1.66. The van der Waals surface area contributed by atoms with E-state index in [-0.39, 0.29) is 29.2 Å². The van der Waals surface area contributed by atoms with Crippen molar-refractivity contribution in [2.75, 3.05) is 55.5 Å². The number of nitrogens with zero attached hydrogens (tertiary/aromatic N) is 5. The van der Waals surface area contributed by atoms with Crippen LogP contribution in [0.5, 0.6) is 0 Å². The van der Waals surface area contributed by atoms with Crippen molar-refractivity contribution in [1.29, 1.82) is 0 Å². The third-order valence-electron chi connectivity index (χ3n) is 5.01. The molecule has 0 bridgehead atoms. The van der Waals surface area contributed by atoms with Gasteiger partial charge in [-0.25, -0.2) is 8.42 Å². The number of hydrogen-bond acceptors (Lipinski definition) is 8. The van der Waals surface area contributed by atoms with Crippen LogP contribution in [0.2, 0.25) is 0 Å². The van der Waals surface area contributed by atoms with Gasteiger partial charge in [0.2, 0.25) is 11.9 Å². The molecule has 0 aliphatic carbocycles. The van der Waals surface area contributed by atoms with Crippen LogP contribution in [-0.4, -0.2) is 90.6 Å². The summed E-state index contributed by atoms with van der Waals surface area (Å²) in [5, 5.41) is 9.41. The van der Waals surface area contributed by atoms with Gasteiger partial charge in [0.1, 0.15) is 0 Å². The summed E-state index contributed by atoms with van der Waals surface area (Å²) in [4.78, 5) is 16.3. The molecular weight excluding hydrogens is 402 g/mol. The van der Waals surface area contributed by atoms with Crippen LogP contribution in [0.4, 0.5) is 5.95 Å². The average Bonchev–Trinajstić information content (AvgIpc) is 3.22. The van der Waals surface area contributed by atoms with Crippen molar-refractivity contribution >= 4 is 33.5 Å². The zero-order valence-electron chi connectivity index (χ0n) is 16.7. The van der Waals surface area contributed by atoms with Gasteiger partial charge in [-0.15, -0.1) is 10.2 Å². The Labute approximate surface area is 170 Å². The van der Waals surface area contributed by atoms with E-state index in [4.69, 9.17) is 4.74 Å². The number of aromatic nitrogens is 3. The Morgan fingerprint density at radius 2 is 2.04 bits per heavy atom. The van der Waals surface area contributed by atoms with Gasteiger partial charge in [0.15, 0.2) is 15.0 Å². The Morgan fingerprint density at radius 3 is 2.64 bits per heavy atom. The highest BCUT2D eigenvalue weighted by Crippen LogP contribution is 2.25. The van der Waals surface area contributed by atoms with Crippen LogP contribution in [0.25, 0.3) is 0 Å². The van der Waals surface area contributed by atoms with Gasteiger partial charge in [0, 0.05) is 32.7 Å². The molecule has 2 fully saturated rings. The Morgan fingerprint density at radius 1 is 1.32 bits per heavy atom. The summed E-state index contributed by atoms with van der Waals surface area (Å²) >= 11 is 1.36. The molecule has 0 saturated carbocycles. The third-order valence-corrected chi connectivity index (χ3v) is 7.72. The fourth-order valence-corrected chi connectivity index (χ4v) is 6.06. The first-order valence-electron chi connectivity index (χ1n) is 9.61. The Bertz CT molecular complexity index is 789. The second-order valence-corrected chi connectivity index (χ2v) is 10.9. The summed E-state index contributed by atoms with van der Waals surface area (Å²) in [6.07, 6.45) is 0.514. The molecule has 1 amide bonds. The van der Waals surface area contributed by atoms with E-state index in [1.165, 1.54) is 11.8 Å². The van der Waals surface area contributed by atoms with Crippen molar-refractivity contribution in [2.45, 2.75) is 38.0 Å². The number of carbonyl (C=O) groups excluding carboxylic acids is 1.